The van der Waals surface area contributed by atoms with E-state index < -0.39 is 0 Å². The molecule has 136 valence electrons. The minimum Gasteiger partial charge on any atom is -0.369 e. The Morgan fingerprint density at radius 1 is 1.12 bits per heavy atom. The first kappa shape index (κ1) is 15.6. The number of nitrogens with one attached hydrogen (secondary N) is 1. The van der Waals surface area contributed by atoms with Gasteiger partial charge in [-0.2, -0.15) is 5.10 Å². The van der Waals surface area contributed by atoms with Crippen LogP contribution in [0.1, 0.15) is 55.3 Å². The maximum absolute atomic E-state index is 6.42. The van der Waals surface area contributed by atoms with E-state index in [1.807, 2.05) is 0 Å². The highest BCUT2D eigenvalue weighted by Gasteiger charge is 2.54. The highest BCUT2D eigenvalue weighted by atomic mass is 35.5. The van der Waals surface area contributed by atoms with E-state index in [0.29, 0.717) is 5.41 Å². The van der Waals surface area contributed by atoms with Crippen LogP contribution in [0.25, 0.3) is 5.69 Å². The predicted octanol–water partition coefficient (Wildman–Crippen LogP) is 5.27. The third-order valence-corrected chi connectivity index (χ3v) is 8.00. The molecular formula is C22H26ClN3. The molecule has 7 rings (SSSR count). The van der Waals surface area contributed by atoms with Gasteiger partial charge in [0.15, 0.2) is 0 Å². The van der Waals surface area contributed by atoms with E-state index in [9.17, 15) is 0 Å². The van der Waals surface area contributed by atoms with Crippen molar-refractivity contribution in [2.75, 3.05) is 11.9 Å². The van der Waals surface area contributed by atoms with Gasteiger partial charge in [0.2, 0.25) is 0 Å². The molecule has 0 unspecified atom stereocenters. The maximum atomic E-state index is 6.42. The minimum atomic E-state index is 0.352. The SMILES string of the molecule is Cc1ccc(-n2nc(C34CC5CC(CC(C5)C3)C4)c3c2NCC3)cc1Cl. The number of rotatable bonds is 2. The highest BCUT2D eigenvalue weighted by molar-refractivity contribution is 6.31. The van der Waals surface area contributed by atoms with E-state index in [-0.39, 0.29) is 0 Å². The van der Waals surface area contributed by atoms with Crippen molar-refractivity contribution in [3.05, 3.63) is 40.0 Å². The Labute approximate surface area is 160 Å². The summed E-state index contributed by atoms with van der Waals surface area (Å²) in [5.41, 5.74) is 5.47. The van der Waals surface area contributed by atoms with Crippen molar-refractivity contribution in [1.82, 2.24) is 9.78 Å². The standard InChI is InChI=1S/C22H26ClN3/c1-13-2-3-17(9-19(13)23)26-21-18(4-5-24-21)20(25-26)22-10-14-6-15(11-22)8-16(7-14)12-22/h2-3,9,14-16,24H,4-8,10-12H2,1H3. The van der Waals surface area contributed by atoms with Gasteiger partial charge in [0.05, 0.1) is 11.4 Å². The van der Waals surface area contributed by atoms with Gasteiger partial charge in [-0.1, -0.05) is 17.7 Å². The van der Waals surface area contributed by atoms with Gasteiger partial charge in [0.1, 0.15) is 5.82 Å². The van der Waals surface area contributed by atoms with Crippen LogP contribution in [0.5, 0.6) is 0 Å². The molecule has 4 saturated carbocycles. The second-order valence-electron chi connectivity index (χ2n) is 9.40. The summed E-state index contributed by atoms with van der Waals surface area (Å²) in [6.07, 6.45) is 9.67. The fourth-order valence-electron chi connectivity index (χ4n) is 6.90. The van der Waals surface area contributed by atoms with Crippen molar-refractivity contribution in [1.29, 1.82) is 0 Å². The van der Waals surface area contributed by atoms with Crippen molar-refractivity contribution in [3.8, 4) is 5.69 Å². The van der Waals surface area contributed by atoms with E-state index in [1.165, 1.54) is 55.6 Å². The summed E-state index contributed by atoms with van der Waals surface area (Å²) < 4.78 is 2.14. The second-order valence-corrected chi connectivity index (χ2v) is 9.80. The zero-order chi connectivity index (χ0) is 17.5. The maximum Gasteiger partial charge on any atom is 0.133 e. The summed E-state index contributed by atoms with van der Waals surface area (Å²) >= 11 is 6.42. The molecule has 0 radical (unpaired) electrons. The van der Waals surface area contributed by atoms with E-state index in [1.54, 1.807) is 0 Å². The summed E-state index contributed by atoms with van der Waals surface area (Å²) in [5.74, 6) is 4.07. The smallest absolute Gasteiger partial charge is 0.133 e. The molecule has 1 N–H and O–H groups in total. The summed E-state index contributed by atoms with van der Waals surface area (Å²) in [7, 11) is 0. The number of aromatic nitrogens is 2. The zero-order valence-corrected chi connectivity index (χ0v) is 16.1. The van der Waals surface area contributed by atoms with Gasteiger partial charge >= 0.3 is 0 Å². The lowest BCUT2D eigenvalue weighted by Crippen LogP contribution is -2.49. The topological polar surface area (TPSA) is 29.9 Å². The lowest BCUT2D eigenvalue weighted by molar-refractivity contribution is -0.00770. The monoisotopic (exact) mass is 367 g/mol. The van der Waals surface area contributed by atoms with Crippen molar-refractivity contribution in [3.63, 3.8) is 0 Å². The number of benzene rings is 1. The molecule has 26 heavy (non-hydrogen) atoms. The Morgan fingerprint density at radius 2 is 1.81 bits per heavy atom. The Hall–Kier alpha value is -1.48. The first-order valence-corrected chi connectivity index (χ1v) is 10.6. The molecule has 3 nitrogen and oxygen atoms in total. The van der Waals surface area contributed by atoms with Crippen LogP contribution < -0.4 is 5.32 Å². The van der Waals surface area contributed by atoms with Gasteiger partial charge in [-0.15, -0.1) is 0 Å². The summed E-state index contributed by atoms with van der Waals surface area (Å²) in [6.45, 7) is 3.09. The average molecular weight is 368 g/mol. The molecule has 0 amide bonds. The second kappa shape index (κ2) is 5.28. The van der Waals surface area contributed by atoms with Gasteiger partial charge in [-0.3, -0.25) is 0 Å². The first-order chi connectivity index (χ1) is 12.6. The number of nitrogens with zero attached hydrogens (tertiary/aromatic N) is 2. The van der Waals surface area contributed by atoms with Crippen LogP contribution >= 0.6 is 11.6 Å². The molecular weight excluding hydrogens is 342 g/mol. The lowest BCUT2D eigenvalue weighted by atomic mass is 9.48. The first-order valence-electron chi connectivity index (χ1n) is 10.2. The molecule has 0 atom stereocenters. The molecule has 4 bridgehead atoms. The largest absolute Gasteiger partial charge is 0.369 e. The fourth-order valence-corrected chi connectivity index (χ4v) is 7.08. The molecule has 4 heteroatoms. The number of fused-ring (bicyclic) bond motifs is 1. The number of anilines is 1. The molecule has 4 fully saturated rings. The molecule has 1 aromatic heterocycles. The van der Waals surface area contributed by atoms with Gasteiger partial charge in [-0.05, 0) is 87.3 Å². The quantitative estimate of drug-likeness (QED) is 0.783. The molecule has 0 saturated heterocycles. The third-order valence-electron chi connectivity index (χ3n) is 7.59. The molecule has 1 aromatic carbocycles. The number of halogens is 1. The molecule has 5 aliphatic rings. The van der Waals surface area contributed by atoms with Crippen LogP contribution in [0, 0.1) is 24.7 Å². The number of hydrogen-bond acceptors (Lipinski definition) is 2. The molecule has 2 aromatic rings. The Bertz CT molecular complexity index is 862. The van der Waals surface area contributed by atoms with Crippen LogP contribution in [-0.4, -0.2) is 16.3 Å². The molecule has 0 spiro atoms. The average Bonchev–Trinajstić information content (AvgIpc) is 3.18. The van der Waals surface area contributed by atoms with Gasteiger partial charge in [-0.25, -0.2) is 4.68 Å². The van der Waals surface area contributed by atoms with Crippen LogP contribution in [-0.2, 0) is 11.8 Å². The fraction of sp³-hybridized carbons (Fsp3) is 0.591. The number of hydrogen-bond donors (Lipinski definition) is 1. The van der Waals surface area contributed by atoms with Gasteiger partial charge in [0.25, 0.3) is 0 Å². The van der Waals surface area contributed by atoms with Crippen LogP contribution in [0.4, 0.5) is 5.82 Å². The van der Waals surface area contributed by atoms with E-state index >= 15 is 0 Å². The van der Waals surface area contributed by atoms with Gasteiger partial charge in [0, 0.05) is 22.5 Å². The van der Waals surface area contributed by atoms with E-state index in [2.05, 4.69) is 35.1 Å². The highest BCUT2D eigenvalue weighted by Crippen LogP contribution is 2.61. The molecule has 1 aliphatic heterocycles. The Morgan fingerprint density at radius 3 is 2.46 bits per heavy atom. The van der Waals surface area contributed by atoms with Gasteiger partial charge < -0.3 is 5.32 Å². The van der Waals surface area contributed by atoms with Crippen LogP contribution in [0.3, 0.4) is 0 Å². The third kappa shape index (κ3) is 2.10. The zero-order valence-electron chi connectivity index (χ0n) is 15.4. The van der Waals surface area contributed by atoms with E-state index in [4.69, 9.17) is 16.7 Å². The Kier molecular flexibility index (Phi) is 3.16. The van der Waals surface area contributed by atoms with Crippen LogP contribution in [0.15, 0.2) is 18.2 Å². The van der Waals surface area contributed by atoms with E-state index in [0.717, 1.165) is 47.0 Å². The van der Waals surface area contributed by atoms with Crippen LogP contribution in [0.2, 0.25) is 5.02 Å². The normalized spacial score (nSPS) is 34.2. The summed E-state index contributed by atoms with van der Waals surface area (Å²) in [4.78, 5) is 0. The Balaban J connectivity index is 1.49. The minimum absolute atomic E-state index is 0.352. The van der Waals surface area contributed by atoms with Crippen molar-refractivity contribution >= 4 is 17.4 Å². The summed E-state index contributed by atoms with van der Waals surface area (Å²) in [5, 5.41) is 9.69. The van der Waals surface area contributed by atoms with Crippen molar-refractivity contribution < 1.29 is 0 Å². The molecule has 2 heterocycles. The van der Waals surface area contributed by atoms with Crippen molar-refractivity contribution in [2.45, 2.75) is 57.3 Å². The van der Waals surface area contributed by atoms with Crippen molar-refractivity contribution in [2.24, 2.45) is 17.8 Å². The molecule has 4 aliphatic carbocycles. The predicted molar refractivity (Wildman–Crippen MR) is 105 cm³/mol. The summed E-state index contributed by atoms with van der Waals surface area (Å²) in [6, 6.07) is 6.32. The lowest BCUT2D eigenvalue weighted by Gasteiger charge is -2.56. The number of aryl methyl sites for hydroxylation is 1.